The zero-order chi connectivity index (χ0) is 24.8. The van der Waals surface area contributed by atoms with Gasteiger partial charge in [-0.25, -0.2) is 10.2 Å². The number of nitro groups is 1. The molecule has 3 rings (SSSR count). The van der Waals surface area contributed by atoms with Gasteiger partial charge in [0.15, 0.2) is 0 Å². The third-order valence-corrected chi connectivity index (χ3v) is 4.98. The molecule has 11 heteroatoms. The number of nitrogens with one attached hydrogen (secondary N) is 1. The summed E-state index contributed by atoms with van der Waals surface area (Å²) in [6.07, 6.45) is 0. The van der Waals surface area contributed by atoms with Crippen LogP contribution in [-0.4, -0.2) is 39.4 Å². The molecule has 0 spiro atoms. The minimum absolute atomic E-state index is 0.112. The number of esters is 1. The first kappa shape index (κ1) is 24.1. The van der Waals surface area contributed by atoms with Crippen LogP contribution in [0.15, 0.2) is 53.6 Å². The van der Waals surface area contributed by atoms with E-state index >= 15 is 0 Å². The first-order valence-electron chi connectivity index (χ1n) is 10.2. The highest BCUT2D eigenvalue weighted by Gasteiger charge is 2.22. The molecule has 0 aliphatic carbocycles. The lowest BCUT2D eigenvalue weighted by atomic mass is 10.1. The molecule has 0 saturated heterocycles. The molecule has 0 aliphatic heterocycles. The number of amides is 1. The predicted molar refractivity (Wildman–Crippen MR) is 123 cm³/mol. The van der Waals surface area contributed by atoms with Gasteiger partial charge in [-0.05, 0) is 62.7 Å². The van der Waals surface area contributed by atoms with Gasteiger partial charge in [-0.15, -0.1) is 0 Å². The van der Waals surface area contributed by atoms with Crippen molar-refractivity contribution in [2.45, 2.75) is 27.3 Å². The largest absolute Gasteiger partial charge is 0.496 e. The van der Waals surface area contributed by atoms with Gasteiger partial charge >= 0.3 is 11.7 Å². The fourth-order valence-electron chi connectivity index (χ4n) is 3.23. The Morgan fingerprint density at radius 3 is 2.44 bits per heavy atom. The molecule has 0 aliphatic rings. The summed E-state index contributed by atoms with van der Waals surface area (Å²) in [5.74, 6) is -0.282. The van der Waals surface area contributed by atoms with E-state index in [-0.39, 0.29) is 23.6 Å². The predicted octanol–water partition coefficient (Wildman–Crippen LogP) is 3.18. The summed E-state index contributed by atoms with van der Waals surface area (Å²) < 4.78 is 11.8. The Bertz CT molecular complexity index is 1260. The number of carbonyl (C=O) groups is 2. The van der Waals surface area contributed by atoms with Crippen molar-refractivity contribution in [2.24, 2.45) is 5.10 Å². The molecular weight excluding hydrogens is 442 g/mol. The normalized spacial score (nSPS) is 11.1. The zero-order valence-corrected chi connectivity index (χ0v) is 19.1. The third kappa shape index (κ3) is 5.44. The number of methoxy groups -OCH3 is 1. The van der Waals surface area contributed by atoms with Crippen LogP contribution >= 0.6 is 0 Å². The molecule has 0 bridgehead atoms. The van der Waals surface area contributed by atoms with Crippen molar-refractivity contribution in [3.8, 4) is 11.5 Å². The van der Waals surface area contributed by atoms with Gasteiger partial charge in [-0.1, -0.05) is 12.1 Å². The highest BCUT2D eigenvalue weighted by molar-refractivity contribution is 5.99. The summed E-state index contributed by atoms with van der Waals surface area (Å²) in [4.78, 5) is 35.2. The molecule has 0 unspecified atom stereocenters. The Balaban J connectivity index is 1.62. The molecule has 2 aromatic carbocycles. The quantitative estimate of drug-likeness (QED) is 0.177. The highest BCUT2D eigenvalue weighted by atomic mass is 16.6. The molecule has 0 saturated carbocycles. The Morgan fingerprint density at radius 2 is 1.82 bits per heavy atom. The van der Waals surface area contributed by atoms with Gasteiger partial charge in [-0.2, -0.15) is 10.2 Å². The summed E-state index contributed by atoms with van der Waals surface area (Å²) in [6.45, 7) is 4.53. The lowest BCUT2D eigenvalue weighted by Gasteiger charge is -2.09. The fraction of sp³-hybridized carbons (Fsp3) is 0.217. The second-order valence-electron chi connectivity index (χ2n) is 7.28. The van der Waals surface area contributed by atoms with Gasteiger partial charge in [0.1, 0.15) is 35.0 Å². The number of carbonyl (C=O) groups excluding carboxylic acids is 2. The molecule has 1 aromatic heterocycles. The zero-order valence-electron chi connectivity index (χ0n) is 19.1. The smallest absolute Gasteiger partial charge is 0.347 e. The molecule has 0 atom stereocenters. The van der Waals surface area contributed by atoms with E-state index in [1.54, 1.807) is 55.5 Å². The number of benzene rings is 2. The molecule has 3 aromatic rings. The maximum absolute atomic E-state index is 12.4. The molecular formula is C23H23N5O6. The van der Waals surface area contributed by atoms with Crippen molar-refractivity contribution in [2.75, 3.05) is 7.11 Å². The summed E-state index contributed by atoms with van der Waals surface area (Å²) in [6, 6.07) is 13.4. The van der Waals surface area contributed by atoms with Crippen molar-refractivity contribution in [1.29, 1.82) is 0 Å². The highest BCUT2D eigenvalue weighted by Crippen LogP contribution is 2.22. The molecule has 1 N–H and O–H groups in total. The van der Waals surface area contributed by atoms with Crippen LogP contribution in [0.3, 0.4) is 0 Å². The summed E-state index contributed by atoms with van der Waals surface area (Å²) in [5.41, 5.74) is 4.34. The van der Waals surface area contributed by atoms with Crippen LogP contribution in [0, 0.1) is 24.0 Å². The van der Waals surface area contributed by atoms with Gasteiger partial charge in [-0.3, -0.25) is 19.6 Å². The minimum atomic E-state index is -0.549. The van der Waals surface area contributed by atoms with Crippen LogP contribution in [0.1, 0.15) is 34.2 Å². The monoisotopic (exact) mass is 465 g/mol. The molecule has 0 fully saturated rings. The molecule has 0 radical (unpaired) electrons. The topological polar surface area (TPSA) is 138 Å². The number of hydrazone groups is 1. The van der Waals surface area contributed by atoms with Gasteiger partial charge in [0, 0.05) is 0 Å². The number of para-hydroxylation sites is 1. The molecule has 1 amide bonds. The second-order valence-corrected chi connectivity index (χ2v) is 7.28. The Morgan fingerprint density at radius 1 is 1.15 bits per heavy atom. The van der Waals surface area contributed by atoms with Crippen LogP contribution in [0.25, 0.3) is 0 Å². The van der Waals surface area contributed by atoms with Crippen molar-refractivity contribution in [3.63, 3.8) is 0 Å². The number of rotatable bonds is 8. The number of ether oxygens (including phenoxy) is 2. The van der Waals surface area contributed by atoms with Crippen LogP contribution < -0.4 is 14.9 Å². The lowest BCUT2D eigenvalue weighted by Crippen LogP contribution is -2.25. The van der Waals surface area contributed by atoms with Crippen molar-refractivity contribution < 1.29 is 24.0 Å². The average Bonchev–Trinajstić information content (AvgIpc) is 3.10. The number of hydrogen-bond acceptors (Lipinski definition) is 8. The van der Waals surface area contributed by atoms with Gasteiger partial charge < -0.3 is 9.47 Å². The minimum Gasteiger partial charge on any atom is -0.496 e. The summed E-state index contributed by atoms with van der Waals surface area (Å²) in [5, 5.41) is 19.2. The maximum atomic E-state index is 12.4. The number of nitrogens with zero attached hydrogens (tertiary/aromatic N) is 4. The van der Waals surface area contributed by atoms with E-state index in [4.69, 9.17) is 9.47 Å². The summed E-state index contributed by atoms with van der Waals surface area (Å²) >= 11 is 0. The third-order valence-electron chi connectivity index (χ3n) is 4.98. The van der Waals surface area contributed by atoms with E-state index in [2.05, 4.69) is 15.6 Å². The lowest BCUT2D eigenvalue weighted by molar-refractivity contribution is -0.386. The Kier molecular flexibility index (Phi) is 7.36. The van der Waals surface area contributed by atoms with Crippen LogP contribution in [0.2, 0.25) is 0 Å². The maximum Gasteiger partial charge on any atom is 0.347 e. The van der Waals surface area contributed by atoms with E-state index in [9.17, 15) is 19.7 Å². The van der Waals surface area contributed by atoms with Crippen molar-refractivity contribution >= 4 is 23.3 Å². The molecule has 34 heavy (non-hydrogen) atoms. The average molecular weight is 465 g/mol. The second kappa shape index (κ2) is 10.4. The van der Waals surface area contributed by atoms with Gasteiger partial charge in [0.25, 0.3) is 5.91 Å². The fourth-order valence-corrected chi connectivity index (χ4v) is 3.23. The Labute approximate surface area is 195 Å². The first-order chi connectivity index (χ1) is 16.2. The van der Waals surface area contributed by atoms with Crippen LogP contribution in [-0.2, 0) is 11.3 Å². The van der Waals surface area contributed by atoms with E-state index in [0.29, 0.717) is 28.3 Å². The molecule has 11 nitrogen and oxygen atoms in total. The van der Waals surface area contributed by atoms with E-state index in [0.717, 1.165) is 0 Å². The van der Waals surface area contributed by atoms with Crippen molar-refractivity contribution in [1.82, 2.24) is 15.2 Å². The van der Waals surface area contributed by atoms with Crippen LogP contribution in [0.5, 0.6) is 11.5 Å². The Hall–Kier alpha value is -4.54. The van der Waals surface area contributed by atoms with Crippen molar-refractivity contribution in [3.05, 3.63) is 81.2 Å². The number of hydrogen-bond donors (Lipinski definition) is 1. The van der Waals surface area contributed by atoms with Gasteiger partial charge in [0.2, 0.25) is 0 Å². The standard InChI is InChI=1S/C23H23N5O6/c1-14(24-25-21(29)13-27-16(3)22(28(31)32)15(2)26-27)17-9-11-18(12-10-17)34-23(30)19-7-5-6-8-20(19)33-4/h5-12H,13H2,1-4H3,(H,25,29). The summed E-state index contributed by atoms with van der Waals surface area (Å²) in [7, 11) is 1.48. The molecule has 176 valence electrons. The van der Waals surface area contributed by atoms with E-state index in [1.165, 1.54) is 25.6 Å². The molecule has 1 heterocycles. The first-order valence-corrected chi connectivity index (χ1v) is 10.2. The number of aryl methyl sites for hydroxylation is 1. The van der Waals surface area contributed by atoms with Gasteiger partial charge in [0.05, 0.1) is 17.7 Å². The van der Waals surface area contributed by atoms with E-state index < -0.39 is 16.8 Å². The van der Waals surface area contributed by atoms with Crippen LogP contribution in [0.4, 0.5) is 5.69 Å². The SMILES string of the molecule is COc1ccccc1C(=O)Oc1ccc(C(C)=NNC(=O)Cn2nc(C)c([N+](=O)[O-])c2C)cc1. The van der Waals surface area contributed by atoms with E-state index in [1.807, 2.05) is 0 Å². The number of aromatic nitrogens is 2.